The molecule has 7 nitrogen and oxygen atoms in total. The van der Waals surface area contributed by atoms with Crippen molar-refractivity contribution in [2.75, 3.05) is 32.2 Å². The van der Waals surface area contributed by atoms with E-state index in [0.717, 1.165) is 60.2 Å². The van der Waals surface area contributed by atoms with Crippen LogP contribution in [0.1, 0.15) is 12.8 Å². The van der Waals surface area contributed by atoms with Crippen molar-refractivity contribution in [3.63, 3.8) is 0 Å². The molecule has 0 spiro atoms. The van der Waals surface area contributed by atoms with Gasteiger partial charge in [0.05, 0.1) is 44.6 Å². The molecular weight excluding hydrogens is 332 g/mol. The summed E-state index contributed by atoms with van der Waals surface area (Å²) in [5.74, 6) is 2.44. The highest BCUT2D eigenvalue weighted by Gasteiger charge is 2.22. The third-order valence-electron chi connectivity index (χ3n) is 4.87. The molecular formula is C19H22N4O3. The molecule has 0 bridgehead atoms. The van der Waals surface area contributed by atoms with E-state index in [1.807, 2.05) is 30.6 Å². The van der Waals surface area contributed by atoms with Crippen molar-refractivity contribution in [1.82, 2.24) is 14.4 Å². The number of anilines is 1. The minimum Gasteiger partial charge on any atom is -0.497 e. The van der Waals surface area contributed by atoms with Gasteiger partial charge in [0, 0.05) is 24.7 Å². The second kappa shape index (κ2) is 6.84. The summed E-state index contributed by atoms with van der Waals surface area (Å²) in [5, 5.41) is 9.81. The van der Waals surface area contributed by atoms with Gasteiger partial charge < -0.3 is 19.5 Å². The van der Waals surface area contributed by atoms with E-state index in [4.69, 9.17) is 9.47 Å². The van der Waals surface area contributed by atoms with E-state index in [1.54, 1.807) is 20.4 Å². The maximum atomic E-state index is 9.81. The molecule has 0 aliphatic carbocycles. The molecule has 26 heavy (non-hydrogen) atoms. The number of aliphatic hydroxyl groups is 1. The van der Waals surface area contributed by atoms with E-state index >= 15 is 0 Å². The standard InChI is InChI=1S/C19H22N4O3/c1-25-14-3-4-15(17(9-14)26-2)16-10-21-18-11-20-12-19(23(16)18)22-7-5-13(24)6-8-22/h3-4,9-13,24H,5-8H2,1-2H3. The fourth-order valence-electron chi connectivity index (χ4n) is 3.44. The lowest BCUT2D eigenvalue weighted by molar-refractivity contribution is 0.145. The van der Waals surface area contributed by atoms with E-state index < -0.39 is 0 Å². The molecule has 0 atom stereocenters. The zero-order valence-electron chi connectivity index (χ0n) is 14.9. The Hall–Kier alpha value is -2.80. The first-order valence-electron chi connectivity index (χ1n) is 8.68. The van der Waals surface area contributed by atoms with Crippen LogP contribution in [0, 0.1) is 0 Å². The minimum absolute atomic E-state index is 0.220. The van der Waals surface area contributed by atoms with Crippen LogP contribution in [-0.4, -0.2) is 52.9 Å². The van der Waals surface area contributed by atoms with Crippen LogP contribution >= 0.6 is 0 Å². The minimum atomic E-state index is -0.220. The van der Waals surface area contributed by atoms with Crippen molar-refractivity contribution >= 4 is 11.5 Å². The Morgan fingerprint density at radius 1 is 1.08 bits per heavy atom. The normalized spacial score (nSPS) is 15.4. The van der Waals surface area contributed by atoms with E-state index in [-0.39, 0.29) is 6.10 Å². The highest BCUT2D eigenvalue weighted by molar-refractivity contribution is 5.73. The Morgan fingerprint density at radius 3 is 2.62 bits per heavy atom. The average molecular weight is 354 g/mol. The summed E-state index contributed by atoms with van der Waals surface area (Å²) in [4.78, 5) is 11.1. The fraction of sp³-hybridized carbons (Fsp3) is 0.368. The first kappa shape index (κ1) is 16.7. The summed E-state index contributed by atoms with van der Waals surface area (Å²) in [7, 11) is 3.28. The number of hydrogen-bond acceptors (Lipinski definition) is 6. The number of methoxy groups -OCH3 is 2. The highest BCUT2D eigenvalue weighted by Crippen LogP contribution is 2.35. The second-order valence-corrected chi connectivity index (χ2v) is 6.39. The first-order chi connectivity index (χ1) is 12.7. The van der Waals surface area contributed by atoms with Crippen molar-refractivity contribution < 1.29 is 14.6 Å². The van der Waals surface area contributed by atoms with Gasteiger partial charge in [0.2, 0.25) is 0 Å². The maximum absolute atomic E-state index is 9.81. The monoisotopic (exact) mass is 354 g/mol. The van der Waals surface area contributed by atoms with E-state index in [2.05, 4.69) is 19.3 Å². The van der Waals surface area contributed by atoms with Gasteiger partial charge in [-0.2, -0.15) is 0 Å². The van der Waals surface area contributed by atoms with Gasteiger partial charge in [-0.3, -0.25) is 9.38 Å². The molecule has 136 valence electrons. The number of rotatable bonds is 4. The lowest BCUT2D eigenvalue weighted by Gasteiger charge is -2.31. The first-order valence-corrected chi connectivity index (χ1v) is 8.68. The topological polar surface area (TPSA) is 72.1 Å². The number of piperidine rings is 1. The lowest BCUT2D eigenvalue weighted by Crippen LogP contribution is -2.36. The quantitative estimate of drug-likeness (QED) is 0.776. The van der Waals surface area contributed by atoms with Crippen LogP contribution in [0.3, 0.4) is 0 Å². The Bertz CT molecular complexity index is 916. The molecule has 1 aliphatic heterocycles. The Morgan fingerprint density at radius 2 is 1.88 bits per heavy atom. The van der Waals surface area contributed by atoms with E-state index in [9.17, 15) is 5.11 Å². The molecule has 0 saturated carbocycles. The number of nitrogens with zero attached hydrogens (tertiary/aromatic N) is 4. The molecule has 0 unspecified atom stereocenters. The van der Waals surface area contributed by atoms with E-state index in [0.29, 0.717) is 0 Å². The van der Waals surface area contributed by atoms with Crippen LogP contribution in [0.4, 0.5) is 5.82 Å². The smallest absolute Gasteiger partial charge is 0.157 e. The number of ether oxygens (including phenoxy) is 2. The summed E-state index contributed by atoms with van der Waals surface area (Å²) in [6, 6.07) is 5.76. The Balaban J connectivity index is 1.84. The molecule has 0 amide bonds. The zero-order chi connectivity index (χ0) is 18.1. The largest absolute Gasteiger partial charge is 0.497 e. The predicted octanol–water partition coefficient (Wildman–Crippen LogP) is 2.37. The van der Waals surface area contributed by atoms with Gasteiger partial charge in [-0.05, 0) is 25.0 Å². The molecule has 4 rings (SSSR count). The molecule has 1 fully saturated rings. The number of imidazole rings is 1. The van der Waals surface area contributed by atoms with Gasteiger partial charge in [-0.1, -0.05) is 0 Å². The zero-order valence-corrected chi connectivity index (χ0v) is 14.9. The summed E-state index contributed by atoms with van der Waals surface area (Å²) in [5.41, 5.74) is 2.65. The van der Waals surface area contributed by atoms with Gasteiger partial charge in [-0.25, -0.2) is 4.98 Å². The molecule has 3 aromatic rings. The molecule has 3 heterocycles. The molecule has 1 aromatic carbocycles. The van der Waals surface area contributed by atoms with Gasteiger partial charge in [0.25, 0.3) is 0 Å². The predicted molar refractivity (Wildman–Crippen MR) is 99.0 cm³/mol. The van der Waals surface area contributed by atoms with Crippen LogP contribution in [0.25, 0.3) is 16.9 Å². The van der Waals surface area contributed by atoms with Crippen molar-refractivity contribution in [3.8, 4) is 22.8 Å². The summed E-state index contributed by atoms with van der Waals surface area (Å²) in [6.45, 7) is 1.58. The SMILES string of the molecule is COc1ccc(-c2cnc3cncc(N4CCC(O)CC4)n23)c(OC)c1. The van der Waals surface area contributed by atoms with Gasteiger partial charge >= 0.3 is 0 Å². The Kier molecular flexibility index (Phi) is 4.38. The number of aromatic nitrogens is 3. The summed E-state index contributed by atoms with van der Waals surface area (Å²) < 4.78 is 13.0. The van der Waals surface area contributed by atoms with Gasteiger partial charge in [0.1, 0.15) is 17.3 Å². The molecule has 1 aliphatic rings. The summed E-state index contributed by atoms with van der Waals surface area (Å²) >= 11 is 0. The van der Waals surface area contributed by atoms with Gasteiger partial charge in [0.15, 0.2) is 5.65 Å². The highest BCUT2D eigenvalue weighted by atomic mass is 16.5. The number of fused-ring (bicyclic) bond motifs is 1. The van der Waals surface area contributed by atoms with Crippen molar-refractivity contribution in [1.29, 1.82) is 0 Å². The van der Waals surface area contributed by atoms with Crippen molar-refractivity contribution in [2.24, 2.45) is 0 Å². The van der Waals surface area contributed by atoms with Crippen LogP contribution < -0.4 is 14.4 Å². The maximum Gasteiger partial charge on any atom is 0.157 e. The lowest BCUT2D eigenvalue weighted by atomic mass is 10.1. The number of hydrogen-bond donors (Lipinski definition) is 1. The molecule has 7 heteroatoms. The molecule has 1 N–H and O–H groups in total. The van der Waals surface area contributed by atoms with Crippen molar-refractivity contribution in [2.45, 2.75) is 18.9 Å². The third kappa shape index (κ3) is 2.84. The second-order valence-electron chi connectivity index (χ2n) is 6.39. The van der Waals surface area contributed by atoms with Crippen LogP contribution in [0.15, 0.2) is 36.8 Å². The molecule has 2 aromatic heterocycles. The fourth-order valence-corrected chi connectivity index (χ4v) is 3.44. The van der Waals surface area contributed by atoms with Gasteiger partial charge in [-0.15, -0.1) is 0 Å². The van der Waals surface area contributed by atoms with Crippen molar-refractivity contribution in [3.05, 3.63) is 36.8 Å². The van der Waals surface area contributed by atoms with E-state index in [1.165, 1.54) is 0 Å². The molecule has 0 radical (unpaired) electrons. The molecule has 1 saturated heterocycles. The van der Waals surface area contributed by atoms with Crippen LogP contribution in [0.5, 0.6) is 11.5 Å². The Labute approximate surface area is 151 Å². The van der Waals surface area contributed by atoms with Crippen LogP contribution in [0.2, 0.25) is 0 Å². The summed E-state index contributed by atoms with van der Waals surface area (Å²) in [6.07, 6.45) is 6.73. The van der Waals surface area contributed by atoms with Crippen LogP contribution in [-0.2, 0) is 0 Å². The average Bonchev–Trinajstić information content (AvgIpc) is 3.12. The third-order valence-corrected chi connectivity index (χ3v) is 4.87. The number of benzene rings is 1. The number of aliphatic hydroxyl groups excluding tert-OH is 1.